The molecule has 0 unspecified atom stereocenters. The number of fused-ring (bicyclic) bond motifs is 1. The quantitative estimate of drug-likeness (QED) is 0.427. The van der Waals surface area contributed by atoms with Crippen molar-refractivity contribution >= 4 is 39.3 Å². The van der Waals surface area contributed by atoms with Crippen molar-refractivity contribution < 1.29 is 19.4 Å². The van der Waals surface area contributed by atoms with E-state index >= 15 is 0 Å². The number of carbonyl (C=O) groups is 1. The molecule has 0 aliphatic carbocycles. The second-order valence-corrected chi connectivity index (χ2v) is 10.9. The van der Waals surface area contributed by atoms with Crippen LogP contribution >= 0.6 is 11.3 Å². The summed E-state index contributed by atoms with van der Waals surface area (Å²) in [7, 11) is 0. The van der Waals surface area contributed by atoms with E-state index in [0.29, 0.717) is 19.6 Å². The number of morpholine rings is 1. The highest BCUT2D eigenvalue weighted by molar-refractivity contribution is 7.18. The second-order valence-electron chi connectivity index (χ2n) is 9.65. The lowest BCUT2D eigenvalue weighted by Gasteiger charge is -2.43. The van der Waals surface area contributed by atoms with Gasteiger partial charge < -0.3 is 19.5 Å². The SMILES string of the molecule is Cc1nc2cc(OC[C@H](O)CN3CCN(N(C=O)c4ccc(N5CCOCC5)cc4)C[C@@H]3C)ccc2s1. The van der Waals surface area contributed by atoms with Crippen molar-refractivity contribution in [1.29, 1.82) is 0 Å². The first-order chi connectivity index (χ1) is 18.0. The Balaban J connectivity index is 1.12. The van der Waals surface area contributed by atoms with Gasteiger partial charge in [0.25, 0.3) is 0 Å². The number of hydrazine groups is 1. The molecule has 0 radical (unpaired) electrons. The predicted molar refractivity (Wildman–Crippen MR) is 146 cm³/mol. The Morgan fingerprint density at radius 1 is 1.19 bits per heavy atom. The molecule has 2 fully saturated rings. The molecule has 5 rings (SSSR count). The summed E-state index contributed by atoms with van der Waals surface area (Å²) in [5.41, 5.74) is 2.93. The molecular formula is C27H35N5O4S. The Kier molecular flexibility index (Phi) is 8.21. The minimum Gasteiger partial charge on any atom is -0.491 e. The predicted octanol–water partition coefficient (Wildman–Crippen LogP) is 2.77. The molecule has 1 amide bonds. The zero-order chi connectivity index (χ0) is 25.8. The number of piperazine rings is 1. The van der Waals surface area contributed by atoms with Crippen molar-refractivity contribution in [2.75, 3.05) is 69.0 Å². The topological polar surface area (TPSA) is 81.6 Å². The number of benzene rings is 2. The van der Waals surface area contributed by atoms with Gasteiger partial charge in [0.05, 0.1) is 34.1 Å². The van der Waals surface area contributed by atoms with Crippen LogP contribution in [0.5, 0.6) is 5.75 Å². The minimum atomic E-state index is -0.614. The zero-order valence-corrected chi connectivity index (χ0v) is 22.3. The number of hydrogen-bond acceptors (Lipinski definition) is 9. The van der Waals surface area contributed by atoms with Gasteiger partial charge in [-0.05, 0) is 50.2 Å². The maximum absolute atomic E-state index is 12.0. The number of aryl methyl sites for hydroxylation is 1. The van der Waals surface area contributed by atoms with Crippen molar-refractivity contribution in [1.82, 2.24) is 14.9 Å². The third-order valence-electron chi connectivity index (χ3n) is 6.99. The number of aliphatic hydroxyl groups is 1. The Bertz CT molecular complexity index is 1180. The number of rotatable bonds is 9. The summed E-state index contributed by atoms with van der Waals surface area (Å²) >= 11 is 1.66. The summed E-state index contributed by atoms with van der Waals surface area (Å²) < 4.78 is 12.4. The third-order valence-corrected chi connectivity index (χ3v) is 7.94. The number of hydrogen-bond donors (Lipinski definition) is 1. The maximum Gasteiger partial charge on any atom is 0.228 e. The minimum absolute atomic E-state index is 0.174. The van der Waals surface area contributed by atoms with Gasteiger partial charge in [-0.1, -0.05) is 0 Å². The van der Waals surface area contributed by atoms with Crippen molar-refractivity contribution in [2.24, 2.45) is 0 Å². The van der Waals surface area contributed by atoms with E-state index in [1.54, 1.807) is 16.3 Å². The molecular weight excluding hydrogens is 490 g/mol. The van der Waals surface area contributed by atoms with Crippen LogP contribution < -0.4 is 14.6 Å². The molecule has 2 aliphatic heterocycles. The first-order valence-corrected chi connectivity index (χ1v) is 13.7. The molecule has 2 atom stereocenters. The van der Waals surface area contributed by atoms with Crippen LogP contribution in [0, 0.1) is 6.92 Å². The molecule has 3 heterocycles. The fraction of sp³-hybridized carbons (Fsp3) is 0.481. The summed E-state index contributed by atoms with van der Waals surface area (Å²) in [6.45, 7) is 10.2. The van der Waals surface area contributed by atoms with Crippen molar-refractivity contribution in [3.63, 3.8) is 0 Å². The fourth-order valence-electron chi connectivity index (χ4n) is 5.00. The smallest absolute Gasteiger partial charge is 0.228 e. The van der Waals surface area contributed by atoms with Crippen LogP contribution in [0.2, 0.25) is 0 Å². The zero-order valence-electron chi connectivity index (χ0n) is 21.5. The average Bonchev–Trinajstić information content (AvgIpc) is 3.29. The van der Waals surface area contributed by atoms with E-state index in [0.717, 1.165) is 71.6 Å². The summed E-state index contributed by atoms with van der Waals surface area (Å²) in [5, 5.41) is 15.5. The first-order valence-electron chi connectivity index (χ1n) is 12.8. The normalized spacial score (nSPS) is 20.2. The van der Waals surface area contributed by atoms with E-state index in [9.17, 15) is 9.90 Å². The molecule has 198 valence electrons. The van der Waals surface area contributed by atoms with Gasteiger partial charge in [-0.15, -0.1) is 11.3 Å². The van der Waals surface area contributed by atoms with Crippen molar-refractivity contribution in [2.45, 2.75) is 26.0 Å². The third kappa shape index (κ3) is 6.22. The Morgan fingerprint density at radius 2 is 1.97 bits per heavy atom. The molecule has 1 aromatic heterocycles. The highest BCUT2D eigenvalue weighted by Gasteiger charge is 2.29. The summed E-state index contributed by atoms with van der Waals surface area (Å²) in [6, 6.07) is 14.2. The van der Waals surface area contributed by atoms with Gasteiger partial charge in [-0.3, -0.25) is 9.69 Å². The van der Waals surface area contributed by atoms with Crippen molar-refractivity contribution in [3.8, 4) is 5.75 Å². The fourth-order valence-corrected chi connectivity index (χ4v) is 5.81. The molecule has 2 aliphatic rings. The molecule has 2 aromatic carbocycles. The summed E-state index contributed by atoms with van der Waals surface area (Å²) in [5.74, 6) is 0.719. The van der Waals surface area contributed by atoms with Crippen LogP contribution in [0.3, 0.4) is 0 Å². The van der Waals surface area contributed by atoms with Crippen LogP contribution in [0.4, 0.5) is 11.4 Å². The molecule has 0 bridgehead atoms. The number of aromatic nitrogens is 1. The van der Waals surface area contributed by atoms with Crippen LogP contribution in [0.25, 0.3) is 10.2 Å². The van der Waals surface area contributed by atoms with Gasteiger partial charge in [-0.25, -0.2) is 15.0 Å². The van der Waals surface area contributed by atoms with Crippen LogP contribution in [-0.2, 0) is 9.53 Å². The Labute approximate surface area is 221 Å². The number of nitrogens with zero attached hydrogens (tertiary/aromatic N) is 5. The lowest BCUT2D eigenvalue weighted by Crippen LogP contribution is -2.58. The van der Waals surface area contributed by atoms with Crippen LogP contribution in [0.15, 0.2) is 42.5 Å². The number of anilines is 2. The lowest BCUT2D eigenvalue weighted by atomic mass is 10.2. The van der Waals surface area contributed by atoms with E-state index < -0.39 is 6.10 Å². The Morgan fingerprint density at radius 3 is 2.70 bits per heavy atom. The highest BCUT2D eigenvalue weighted by atomic mass is 32.1. The molecule has 10 heteroatoms. The molecule has 1 N–H and O–H groups in total. The van der Waals surface area contributed by atoms with Gasteiger partial charge in [0.1, 0.15) is 18.5 Å². The average molecular weight is 526 g/mol. The molecule has 2 saturated heterocycles. The number of ether oxygens (including phenoxy) is 2. The molecule has 0 spiro atoms. The second kappa shape index (κ2) is 11.7. The molecule has 0 saturated carbocycles. The van der Waals surface area contributed by atoms with Crippen LogP contribution in [-0.4, -0.2) is 97.6 Å². The number of β-amino-alcohol motifs (C(OH)–C–C–N with tert-alkyl or cyclic N) is 1. The molecule has 37 heavy (non-hydrogen) atoms. The van der Waals surface area contributed by atoms with Crippen LogP contribution in [0.1, 0.15) is 11.9 Å². The van der Waals surface area contributed by atoms with Gasteiger partial charge in [0.15, 0.2) is 0 Å². The molecule has 3 aromatic rings. The van der Waals surface area contributed by atoms with E-state index in [1.165, 1.54) is 0 Å². The number of aliphatic hydroxyl groups excluding tert-OH is 1. The van der Waals surface area contributed by atoms with Gasteiger partial charge in [-0.2, -0.15) is 0 Å². The van der Waals surface area contributed by atoms with Gasteiger partial charge in [0, 0.05) is 57.1 Å². The van der Waals surface area contributed by atoms with Gasteiger partial charge in [0.2, 0.25) is 6.41 Å². The summed E-state index contributed by atoms with van der Waals surface area (Å²) in [4.78, 5) is 21.1. The number of carbonyl (C=O) groups excluding carboxylic acids is 1. The first kappa shape index (κ1) is 25.9. The number of amides is 1. The standard InChI is InChI=1S/C27H35N5O4S/c1-20-16-31(32(19-33)23-5-3-22(4-6-23)29-11-13-35-14-12-29)10-9-30(20)17-24(34)18-36-25-7-8-27-26(15-25)28-21(2)37-27/h3-8,15,19-20,24,34H,9-14,16-18H2,1-2H3/t20-,24+/m0/s1. The van der Waals surface area contributed by atoms with E-state index in [4.69, 9.17) is 9.47 Å². The maximum atomic E-state index is 12.0. The van der Waals surface area contributed by atoms with E-state index in [-0.39, 0.29) is 12.6 Å². The lowest BCUT2D eigenvalue weighted by molar-refractivity contribution is -0.111. The van der Waals surface area contributed by atoms with Crippen molar-refractivity contribution in [3.05, 3.63) is 47.5 Å². The van der Waals surface area contributed by atoms with E-state index in [2.05, 4.69) is 38.8 Å². The highest BCUT2D eigenvalue weighted by Crippen LogP contribution is 2.26. The van der Waals surface area contributed by atoms with E-state index in [1.807, 2.05) is 37.3 Å². The largest absolute Gasteiger partial charge is 0.491 e. The monoisotopic (exact) mass is 525 g/mol. The Hall–Kier alpha value is -2.76. The summed E-state index contributed by atoms with van der Waals surface area (Å²) in [6.07, 6.45) is 0.270. The molecule has 9 nitrogen and oxygen atoms in total. The number of thiazole rings is 1. The van der Waals surface area contributed by atoms with Gasteiger partial charge >= 0.3 is 0 Å².